The van der Waals surface area contributed by atoms with E-state index in [0.717, 1.165) is 18.4 Å². The molecule has 0 bridgehead atoms. The predicted molar refractivity (Wildman–Crippen MR) is 98.3 cm³/mol. The maximum atomic E-state index is 12.5. The smallest absolute Gasteiger partial charge is 0.254 e. The summed E-state index contributed by atoms with van der Waals surface area (Å²) in [4.78, 5) is 31.9. The highest BCUT2D eigenvalue weighted by Crippen LogP contribution is 2.19. The van der Waals surface area contributed by atoms with Crippen LogP contribution in [0.2, 0.25) is 0 Å². The van der Waals surface area contributed by atoms with Crippen molar-refractivity contribution in [1.82, 2.24) is 14.8 Å². The number of carbonyl (C=O) groups excluding carboxylic acids is 2. The van der Waals surface area contributed by atoms with E-state index in [1.165, 1.54) is 11.1 Å². The third-order valence-electron chi connectivity index (χ3n) is 4.43. The van der Waals surface area contributed by atoms with Crippen molar-refractivity contribution in [2.45, 2.75) is 18.9 Å². The van der Waals surface area contributed by atoms with Gasteiger partial charge in [0.15, 0.2) is 0 Å². The molecule has 2 aromatic rings. The normalized spacial score (nSPS) is 14.8. The van der Waals surface area contributed by atoms with Crippen molar-refractivity contribution in [3.8, 4) is 5.88 Å². The Bertz CT molecular complexity index is 752. The van der Waals surface area contributed by atoms with Gasteiger partial charge in [0, 0.05) is 57.9 Å². The van der Waals surface area contributed by atoms with Crippen LogP contribution in [0, 0.1) is 0 Å². The monoisotopic (exact) mass is 353 g/mol. The van der Waals surface area contributed by atoms with Crippen molar-refractivity contribution in [3.05, 3.63) is 59.8 Å². The highest BCUT2D eigenvalue weighted by molar-refractivity contribution is 5.94. The molecule has 0 radical (unpaired) electrons. The molecule has 6 nitrogen and oxygen atoms in total. The van der Waals surface area contributed by atoms with Gasteiger partial charge >= 0.3 is 0 Å². The van der Waals surface area contributed by atoms with Gasteiger partial charge in [-0.3, -0.25) is 9.59 Å². The third-order valence-corrected chi connectivity index (χ3v) is 4.43. The number of aromatic nitrogens is 1. The molecule has 136 valence electrons. The van der Waals surface area contributed by atoms with Crippen molar-refractivity contribution in [2.75, 3.05) is 27.2 Å². The Morgan fingerprint density at radius 2 is 1.73 bits per heavy atom. The highest BCUT2D eigenvalue weighted by atomic mass is 16.5. The van der Waals surface area contributed by atoms with Gasteiger partial charge in [-0.05, 0) is 18.2 Å². The molecule has 3 rings (SSSR count). The van der Waals surface area contributed by atoms with Gasteiger partial charge < -0.3 is 14.5 Å². The molecule has 6 heteroatoms. The minimum absolute atomic E-state index is 0.0257. The number of likely N-dealkylation sites (tertiary alicyclic amines) is 1. The first-order chi connectivity index (χ1) is 12.5. The molecule has 2 heterocycles. The van der Waals surface area contributed by atoms with E-state index >= 15 is 0 Å². The third kappa shape index (κ3) is 4.20. The van der Waals surface area contributed by atoms with Crippen molar-refractivity contribution in [3.63, 3.8) is 0 Å². The van der Waals surface area contributed by atoms with Crippen molar-refractivity contribution in [2.24, 2.45) is 0 Å². The summed E-state index contributed by atoms with van der Waals surface area (Å²) in [7, 11) is 3.41. The fraction of sp³-hybridized carbons (Fsp3) is 0.350. The average molecular weight is 353 g/mol. The lowest BCUT2D eigenvalue weighted by molar-refractivity contribution is 0.0588. The number of benzene rings is 1. The van der Waals surface area contributed by atoms with Gasteiger partial charge in [0.05, 0.1) is 5.56 Å². The number of piperidine rings is 1. The summed E-state index contributed by atoms with van der Waals surface area (Å²) in [6, 6.07) is 12.8. The molecular formula is C20H23N3O3. The molecule has 1 aliphatic heterocycles. The molecule has 0 unspecified atom stereocenters. The summed E-state index contributed by atoms with van der Waals surface area (Å²) in [5.41, 5.74) is 1.25. The molecule has 1 aromatic carbocycles. The van der Waals surface area contributed by atoms with E-state index in [4.69, 9.17) is 4.74 Å². The zero-order valence-electron chi connectivity index (χ0n) is 15.1. The Morgan fingerprint density at radius 3 is 2.31 bits per heavy atom. The molecule has 0 aliphatic carbocycles. The minimum Gasteiger partial charge on any atom is -0.474 e. The van der Waals surface area contributed by atoms with Crippen LogP contribution in [0.1, 0.15) is 33.6 Å². The summed E-state index contributed by atoms with van der Waals surface area (Å²) in [6.45, 7) is 1.32. The standard InChI is InChI=1S/C20H23N3O3/c1-22(2)19(24)16-8-9-18(21-14-16)26-17-10-12-23(13-11-17)20(25)15-6-4-3-5-7-15/h3-9,14,17H,10-13H2,1-2H3. The molecule has 0 N–H and O–H groups in total. The Morgan fingerprint density at radius 1 is 1.04 bits per heavy atom. The Labute approximate surface area is 153 Å². The van der Waals surface area contributed by atoms with Gasteiger partial charge in [-0.15, -0.1) is 0 Å². The van der Waals surface area contributed by atoms with Gasteiger partial charge in [-0.2, -0.15) is 0 Å². The Kier molecular flexibility index (Phi) is 5.51. The van der Waals surface area contributed by atoms with Crippen molar-refractivity contribution >= 4 is 11.8 Å². The number of hydrogen-bond acceptors (Lipinski definition) is 4. The first kappa shape index (κ1) is 17.9. The van der Waals surface area contributed by atoms with Gasteiger partial charge in [0.2, 0.25) is 5.88 Å². The fourth-order valence-electron chi connectivity index (χ4n) is 2.95. The number of amides is 2. The van der Waals surface area contributed by atoms with E-state index in [9.17, 15) is 9.59 Å². The van der Waals surface area contributed by atoms with Gasteiger partial charge in [0.25, 0.3) is 11.8 Å². The maximum absolute atomic E-state index is 12.5. The number of hydrogen-bond donors (Lipinski definition) is 0. The molecule has 0 spiro atoms. The van der Waals surface area contributed by atoms with Gasteiger partial charge in [-0.1, -0.05) is 18.2 Å². The first-order valence-electron chi connectivity index (χ1n) is 8.73. The summed E-state index contributed by atoms with van der Waals surface area (Å²) >= 11 is 0. The highest BCUT2D eigenvalue weighted by Gasteiger charge is 2.25. The lowest BCUT2D eigenvalue weighted by Crippen LogP contribution is -2.41. The maximum Gasteiger partial charge on any atom is 0.254 e. The molecular weight excluding hydrogens is 330 g/mol. The van der Waals surface area contributed by atoms with Crippen LogP contribution >= 0.6 is 0 Å². The molecule has 1 aromatic heterocycles. The van der Waals surface area contributed by atoms with E-state index in [1.807, 2.05) is 35.2 Å². The predicted octanol–water partition coefficient (Wildman–Crippen LogP) is 2.47. The number of ether oxygens (including phenoxy) is 1. The second kappa shape index (κ2) is 7.99. The summed E-state index contributed by atoms with van der Waals surface area (Å²) in [5, 5.41) is 0. The van der Waals surface area contributed by atoms with Crippen molar-refractivity contribution < 1.29 is 14.3 Å². The molecule has 0 saturated carbocycles. The summed E-state index contributed by atoms with van der Waals surface area (Å²) in [6.07, 6.45) is 3.08. The minimum atomic E-state index is -0.0863. The summed E-state index contributed by atoms with van der Waals surface area (Å²) in [5.74, 6) is 0.485. The van der Waals surface area contributed by atoms with E-state index < -0.39 is 0 Å². The topological polar surface area (TPSA) is 62.7 Å². The van der Waals surface area contributed by atoms with E-state index in [2.05, 4.69) is 4.98 Å². The Balaban J connectivity index is 1.53. The van der Waals surface area contributed by atoms with Crippen LogP contribution in [0.4, 0.5) is 0 Å². The average Bonchev–Trinajstić information content (AvgIpc) is 2.68. The zero-order valence-corrected chi connectivity index (χ0v) is 15.1. The van der Waals surface area contributed by atoms with Crippen LogP contribution < -0.4 is 4.74 Å². The van der Waals surface area contributed by atoms with Crippen LogP contribution in [0.25, 0.3) is 0 Å². The van der Waals surface area contributed by atoms with Crippen LogP contribution in [-0.4, -0.2) is 59.9 Å². The van der Waals surface area contributed by atoms with Crippen LogP contribution in [0.15, 0.2) is 48.7 Å². The molecule has 1 aliphatic rings. The second-order valence-corrected chi connectivity index (χ2v) is 6.56. The van der Waals surface area contributed by atoms with E-state index in [-0.39, 0.29) is 17.9 Å². The summed E-state index contributed by atoms with van der Waals surface area (Å²) < 4.78 is 5.91. The SMILES string of the molecule is CN(C)C(=O)c1ccc(OC2CCN(C(=O)c3ccccc3)CC2)nc1. The molecule has 26 heavy (non-hydrogen) atoms. The van der Waals surface area contributed by atoms with Crippen molar-refractivity contribution in [1.29, 1.82) is 0 Å². The lowest BCUT2D eigenvalue weighted by Gasteiger charge is -2.32. The van der Waals surface area contributed by atoms with Crippen LogP contribution in [-0.2, 0) is 0 Å². The number of nitrogens with zero attached hydrogens (tertiary/aromatic N) is 3. The van der Waals surface area contributed by atoms with Crippen LogP contribution in [0.3, 0.4) is 0 Å². The lowest BCUT2D eigenvalue weighted by atomic mass is 10.1. The molecule has 1 saturated heterocycles. The van der Waals surface area contributed by atoms with Crippen LogP contribution in [0.5, 0.6) is 5.88 Å². The molecule has 0 atom stereocenters. The van der Waals surface area contributed by atoms with Gasteiger partial charge in [-0.25, -0.2) is 4.98 Å². The molecule has 1 fully saturated rings. The fourth-order valence-corrected chi connectivity index (χ4v) is 2.95. The first-order valence-corrected chi connectivity index (χ1v) is 8.73. The number of carbonyl (C=O) groups is 2. The van der Waals surface area contributed by atoms with E-state index in [0.29, 0.717) is 24.5 Å². The number of rotatable bonds is 4. The molecule has 2 amide bonds. The second-order valence-electron chi connectivity index (χ2n) is 6.56. The largest absolute Gasteiger partial charge is 0.474 e. The quantitative estimate of drug-likeness (QED) is 0.847. The van der Waals surface area contributed by atoms with Gasteiger partial charge in [0.1, 0.15) is 6.10 Å². The zero-order chi connectivity index (χ0) is 18.5. The van der Waals surface area contributed by atoms with E-state index in [1.54, 1.807) is 26.2 Å². The Hall–Kier alpha value is -2.89. The number of pyridine rings is 1.